The summed E-state index contributed by atoms with van der Waals surface area (Å²) in [5.41, 5.74) is 2.44. The van der Waals surface area contributed by atoms with Gasteiger partial charge in [0.1, 0.15) is 6.10 Å². The van der Waals surface area contributed by atoms with E-state index in [1.54, 1.807) is 5.57 Å². The third-order valence-corrected chi connectivity index (χ3v) is 18.3. The van der Waals surface area contributed by atoms with Crippen LogP contribution in [-0.2, 0) is 19.0 Å². The first-order valence-electron chi connectivity index (χ1n) is 30.0. The van der Waals surface area contributed by atoms with Crippen molar-refractivity contribution in [3.8, 4) is 0 Å². The average Bonchev–Trinajstić information content (AvgIpc) is 3.67. The smallest absolute Gasteiger partial charge is 0.306 e. The molecule has 4 rings (SSSR count). The van der Waals surface area contributed by atoms with Crippen LogP contribution in [0.3, 0.4) is 0 Å². The molecule has 6 nitrogen and oxygen atoms in total. The number of carbonyl (C=O) groups is 1. The molecule has 0 aromatic carbocycles. The maximum absolute atomic E-state index is 13.3. The molecule has 4 aliphatic rings. The molecule has 3 saturated carbocycles. The van der Waals surface area contributed by atoms with Crippen LogP contribution in [0.25, 0.3) is 0 Å². The third kappa shape index (κ3) is 20.6. The number of aliphatic hydroxyl groups is 1. The van der Waals surface area contributed by atoms with Crippen LogP contribution in [0.15, 0.2) is 11.6 Å². The second-order valence-electron chi connectivity index (χ2n) is 24.0. The summed E-state index contributed by atoms with van der Waals surface area (Å²) in [5.74, 6) is 5.13. The SMILES string of the molecule is CCCCCCCCCCOC(CCCN(CCCCO)CCCCCC(=O)OC1CCC2(C)C(=CCC3C2CCC2(C)C(C(C)CCCC(C)C)CCC32)C1)OCCCCCCCCCC. The fourth-order valence-corrected chi connectivity index (χ4v) is 14.2. The Morgan fingerprint density at radius 3 is 1.88 bits per heavy atom. The van der Waals surface area contributed by atoms with E-state index in [4.69, 9.17) is 14.2 Å². The minimum Gasteiger partial charge on any atom is -0.462 e. The Kier molecular flexibility index (Phi) is 29.4. The largest absolute Gasteiger partial charge is 0.462 e. The van der Waals surface area contributed by atoms with E-state index in [1.807, 2.05) is 0 Å². The van der Waals surface area contributed by atoms with Crippen molar-refractivity contribution in [3.63, 3.8) is 0 Å². The van der Waals surface area contributed by atoms with Crippen molar-refractivity contribution in [2.24, 2.45) is 46.3 Å². The molecule has 0 saturated heterocycles. The molecule has 392 valence electrons. The fourth-order valence-electron chi connectivity index (χ4n) is 14.2. The zero-order valence-electron chi connectivity index (χ0n) is 45.7. The molecule has 8 unspecified atom stereocenters. The molecule has 0 aromatic rings. The van der Waals surface area contributed by atoms with E-state index in [0.29, 0.717) is 11.8 Å². The van der Waals surface area contributed by atoms with E-state index in [-0.39, 0.29) is 30.4 Å². The molecule has 67 heavy (non-hydrogen) atoms. The van der Waals surface area contributed by atoms with Gasteiger partial charge in [-0.25, -0.2) is 0 Å². The molecule has 0 aromatic heterocycles. The van der Waals surface area contributed by atoms with Crippen LogP contribution >= 0.6 is 0 Å². The maximum Gasteiger partial charge on any atom is 0.306 e. The number of carbonyl (C=O) groups excluding carboxylic acids is 1. The first-order chi connectivity index (χ1) is 32.5. The molecule has 4 aliphatic carbocycles. The molecule has 8 atom stereocenters. The summed E-state index contributed by atoms with van der Waals surface area (Å²) in [4.78, 5) is 15.8. The summed E-state index contributed by atoms with van der Waals surface area (Å²) in [6.45, 7) is 22.2. The van der Waals surface area contributed by atoms with Crippen LogP contribution in [-0.4, -0.2) is 67.8 Å². The van der Waals surface area contributed by atoms with Gasteiger partial charge in [0.2, 0.25) is 0 Å². The van der Waals surface area contributed by atoms with Crippen molar-refractivity contribution >= 4 is 5.97 Å². The Bertz CT molecular complexity index is 1280. The second kappa shape index (κ2) is 33.7. The summed E-state index contributed by atoms with van der Waals surface area (Å²) in [6, 6.07) is 0. The number of esters is 1. The zero-order valence-corrected chi connectivity index (χ0v) is 45.7. The standard InChI is InChI=1S/C61H113NO5/c1-8-10-12-14-16-18-20-27-47-65-59(66-48-28-21-19-17-15-13-11-9-2)34-30-45-62(44-25-26-46-63)43-24-22-23-33-58(64)67-53-39-41-60(6)52(49-53)35-36-54-56-38-37-55(51(5)32-29-31-50(3)4)61(56,7)42-40-57(54)60/h35,50-51,53-57,59,63H,8-34,36-49H2,1-7H3. The third-order valence-electron chi connectivity index (χ3n) is 18.3. The van der Waals surface area contributed by atoms with Crippen molar-refractivity contribution < 1.29 is 24.1 Å². The predicted molar refractivity (Wildman–Crippen MR) is 284 cm³/mol. The molecular formula is C61H113NO5. The van der Waals surface area contributed by atoms with Gasteiger partial charge >= 0.3 is 5.97 Å². The van der Waals surface area contributed by atoms with Gasteiger partial charge in [0.15, 0.2) is 6.29 Å². The molecule has 6 heteroatoms. The summed E-state index contributed by atoms with van der Waals surface area (Å²) in [5, 5.41) is 9.52. The molecule has 0 amide bonds. The molecule has 0 radical (unpaired) electrons. The normalized spacial score (nSPS) is 26.5. The van der Waals surface area contributed by atoms with Crippen molar-refractivity contribution in [3.05, 3.63) is 11.6 Å². The number of nitrogens with zero attached hydrogens (tertiary/aromatic N) is 1. The summed E-state index contributed by atoms with van der Waals surface area (Å²) in [6.07, 6.45) is 45.3. The molecule has 1 N–H and O–H groups in total. The Labute approximate surface area is 416 Å². The van der Waals surface area contributed by atoms with Gasteiger partial charge in [0.25, 0.3) is 0 Å². The Morgan fingerprint density at radius 1 is 0.657 bits per heavy atom. The number of allylic oxidation sites excluding steroid dienone is 1. The number of ether oxygens (including phenoxy) is 3. The average molecular weight is 941 g/mol. The van der Waals surface area contributed by atoms with Gasteiger partial charge in [-0.15, -0.1) is 0 Å². The van der Waals surface area contributed by atoms with Crippen LogP contribution in [0, 0.1) is 46.3 Å². The molecule has 3 fully saturated rings. The van der Waals surface area contributed by atoms with Crippen LogP contribution in [0.4, 0.5) is 0 Å². The number of aliphatic hydroxyl groups excluding tert-OH is 1. The van der Waals surface area contributed by atoms with Crippen LogP contribution in [0.2, 0.25) is 0 Å². The van der Waals surface area contributed by atoms with Gasteiger partial charge in [-0.2, -0.15) is 0 Å². The van der Waals surface area contributed by atoms with Gasteiger partial charge < -0.3 is 24.2 Å². The van der Waals surface area contributed by atoms with Crippen LogP contribution in [0.5, 0.6) is 0 Å². The van der Waals surface area contributed by atoms with Gasteiger partial charge in [0.05, 0.1) is 0 Å². The highest BCUT2D eigenvalue weighted by Gasteiger charge is 2.59. The lowest BCUT2D eigenvalue weighted by atomic mass is 9.47. The summed E-state index contributed by atoms with van der Waals surface area (Å²) in [7, 11) is 0. The monoisotopic (exact) mass is 940 g/mol. The number of fused-ring (bicyclic) bond motifs is 5. The highest BCUT2D eigenvalue weighted by molar-refractivity contribution is 5.69. The van der Waals surface area contributed by atoms with Crippen molar-refractivity contribution in [1.29, 1.82) is 0 Å². The molecular weight excluding hydrogens is 827 g/mol. The minimum absolute atomic E-state index is 0.0145. The Hall–Kier alpha value is -0.950. The maximum atomic E-state index is 13.3. The zero-order chi connectivity index (χ0) is 48.2. The van der Waals surface area contributed by atoms with Gasteiger partial charge in [-0.3, -0.25) is 4.79 Å². The first kappa shape index (κ1) is 58.6. The lowest BCUT2D eigenvalue weighted by Gasteiger charge is -2.58. The molecule has 0 bridgehead atoms. The topological polar surface area (TPSA) is 68.2 Å². The lowest BCUT2D eigenvalue weighted by Crippen LogP contribution is -2.51. The van der Waals surface area contributed by atoms with E-state index in [0.717, 1.165) is 139 Å². The van der Waals surface area contributed by atoms with E-state index in [9.17, 15) is 9.90 Å². The number of unbranched alkanes of at least 4 members (excludes halogenated alkanes) is 17. The van der Waals surface area contributed by atoms with E-state index < -0.39 is 0 Å². The first-order valence-corrected chi connectivity index (χ1v) is 30.0. The highest BCUT2D eigenvalue weighted by atomic mass is 16.7. The van der Waals surface area contributed by atoms with Crippen molar-refractivity contribution in [2.45, 2.75) is 286 Å². The van der Waals surface area contributed by atoms with E-state index in [1.165, 1.54) is 148 Å². The highest BCUT2D eigenvalue weighted by Crippen LogP contribution is 2.67. The Balaban J connectivity index is 1.15. The van der Waals surface area contributed by atoms with Crippen molar-refractivity contribution in [2.75, 3.05) is 39.5 Å². The number of hydrogen-bond acceptors (Lipinski definition) is 6. The predicted octanol–water partition coefficient (Wildman–Crippen LogP) is 17.0. The lowest BCUT2D eigenvalue weighted by molar-refractivity contribution is -0.151. The Morgan fingerprint density at radius 2 is 1.25 bits per heavy atom. The summed E-state index contributed by atoms with van der Waals surface area (Å²) < 4.78 is 19.1. The fraction of sp³-hybridized carbons (Fsp3) is 0.951. The second-order valence-corrected chi connectivity index (χ2v) is 24.0. The molecule has 0 aliphatic heterocycles. The van der Waals surface area contributed by atoms with Crippen LogP contribution in [0.1, 0.15) is 273 Å². The molecule has 0 heterocycles. The van der Waals surface area contributed by atoms with Crippen molar-refractivity contribution in [1.82, 2.24) is 4.90 Å². The van der Waals surface area contributed by atoms with Gasteiger partial charge in [-0.1, -0.05) is 176 Å². The van der Waals surface area contributed by atoms with Gasteiger partial charge in [0, 0.05) is 32.7 Å². The minimum atomic E-state index is -0.106. The van der Waals surface area contributed by atoms with Gasteiger partial charge in [-0.05, 0) is 162 Å². The van der Waals surface area contributed by atoms with E-state index >= 15 is 0 Å². The molecule has 0 spiro atoms. The number of rotatable bonds is 40. The van der Waals surface area contributed by atoms with E-state index in [2.05, 4.69) is 59.4 Å². The number of hydrogen-bond donors (Lipinski definition) is 1. The summed E-state index contributed by atoms with van der Waals surface area (Å²) >= 11 is 0. The quantitative estimate of drug-likeness (QED) is 0.0286. The van der Waals surface area contributed by atoms with Crippen LogP contribution < -0.4 is 0 Å².